The molecule has 6 nitrogen and oxygen atoms in total. The standard InChI is InChI=1S/C14H21N3O3/c1-3-7-17(14(19)10-5-6-10)9-11-8-12(16-20-11)13(18)15-4-2/h8,10H,3-7,9H2,1-2H3,(H,15,18). The number of hydrogen-bond donors (Lipinski definition) is 1. The normalized spacial score (nSPS) is 14.1. The van der Waals surface area contributed by atoms with Gasteiger partial charge < -0.3 is 14.7 Å². The second-order valence-electron chi connectivity index (χ2n) is 5.07. The van der Waals surface area contributed by atoms with E-state index in [0.717, 1.165) is 19.3 Å². The van der Waals surface area contributed by atoms with Crippen molar-refractivity contribution in [2.24, 2.45) is 5.92 Å². The van der Waals surface area contributed by atoms with Gasteiger partial charge in [0.05, 0.1) is 6.54 Å². The smallest absolute Gasteiger partial charge is 0.273 e. The van der Waals surface area contributed by atoms with Gasteiger partial charge in [0.2, 0.25) is 5.91 Å². The Morgan fingerprint density at radius 2 is 2.20 bits per heavy atom. The second kappa shape index (κ2) is 6.54. The average molecular weight is 279 g/mol. The summed E-state index contributed by atoms with van der Waals surface area (Å²) in [4.78, 5) is 25.5. The summed E-state index contributed by atoms with van der Waals surface area (Å²) in [7, 11) is 0. The van der Waals surface area contributed by atoms with E-state index in [-0.39, 0.29) is 23.4 Å². The maximum absolute atomic E-state index is 12.1. The Hall–Kier alpha value is -1.85. The van der Waals surface area contributed by atoms with Crippen LogP contribution in [0, 0.1) is 5.92 Å². The molecular formula is C14H21N3O3. The van der Waals surface area contributed by atoms with Crippen LogP contribution in [-0.2, 0) is 11.3 Å². The van der Waals surface area contributed by atoms with E-state index in [0.29, 0.717) is 25.4 Å². The van der Waals surface area contributed by atoms with Gasteiger partial charge in [0.15, 0.2) is 11.5 Å². The second-order valence-corrected chi connectivity index (χ2v) is 5.07. The molecule has 1 N–H and O–H groups in total. The number of carbonyl (C=O) groups excluding carboxylic acids is 2. The Bertz CT molecular complexity index is 480. The van der Waals surface area contributed by atoms with Gasteiger partial charge in [-0.2, -0.15) is 0 Å². The molecule has 0 atom stereocenters. The lowest BCUT2D eigenvalue weighted by Gasteiger charge is -2.20. The summed E-state index contributed by atoms with van der Waals surface area (Å²) < 4.78 is 5.15. The van der Waals surface area contributed by atoms with E-state index >= 15 is 0 Å². The Labute approximate surface area is 118 Å². The van der Waals surface area contributed by atoms with Crippen LogP contribution in [0.1, 0.15) is 49.4 Å². The summed E-state index contributed by atoms with van der Waals surface area (Å²) in [6.45, 7) is 5.51. The summed E-state index contributed by atoms with van der Waals surface area (Å²) in [5.74, 6) is 0.668. The SMILES string of the molecule is CCCN(Cc1cc(C(=O)NCC)no1)C(=O)C1CC1. The largest absolute Gasteiger partial charge is 0.359 e. The van der Waals surface area contributed by atoms with Crippen molar-refractivity contribution in [1.82, 2.24) is 15.4 Å². The first-order valence-corrected chi connectivity index (χ1v) is 7.18. The van der Waals surface area contributed by atoms with Crippen molar-refractivity contribution in [2.45, 2.75) is 39.7 Å². The minimum absolute atomic E-state index is 0.183. The summed E-state index contributed by atoms with van der Waals surface area (Å²) in [5, 5.41) is 6.41. The number of nitrogens with zero attached hydrogens (tertiary/aromatic N) is 2. The fourth-order valence-electron chi connectivity index (χ4n) is 2.06. The van der Waals surface area contributed by atoms with Gasteiger partial charge in [0.25, 0.3) is 5.91 Å². The monoisotopic (exact) mass is 279 g/mol. The molecule has 6 heteroatoms. The van der Waals surface area contributed by atoms with Gasteiger partial charge in [-0.25, -0.2) is 0 Å². The van der Waals surface area contributed by atoms with Crippen LogP contribution in [0.4, 0.5) is 0 Å². The molecule has 1 aromatic heterocycles. The van der Waals surface area contributed by atoms with Crippen LogP contribution in [-0.4, -0.2) is 35.0 Å². The third kappa shape index (κ3) is 3.59. The van der Waals surface area contributed by atoms with Crippen LogP contribution in [0.25, 0.3) is 0 Å². The van der Waals surface area contributed by atoms with Crippen LogP contribution in [0.15, 0.2) is 10.6 Å². The fourth-order valence-corrected chi connectivity index (χ4v) is 2.06. The Kier molecular flexibility index (Phi) is 4.76. The first kappa shape index (κ1) is 14.6. The third-order valence-electron chi connectivity index (χ3n) is 3.21. The number of rotatable bonds is 7. The molecule has 1 aliphatic rings. The predicted molar refractivity (Wildman–Crippen MR) is 72.9 cm³/mol. The maximum Gasteiger partial charge on any atom is 0.273 e. The quantitative estimate of drug-likeness (QED) is 0.822. The Morgan fingerprint density at radius 3 is 2.80 bits per heavy atom. The van der Waals surface area contributed by atoms with Gasteiger partial charge in [0.1, 0.15) is 0 Å². The molecule has 0 aromatic carbocycles. The van der Waals surface area contributed by atoms with Crippen LogP contribution in [0.5, 0.6) is 0 Å². The molecule has 1 heterocycles. The molecule has 0 saturated heterocycles. The van der Waals surface area contributed by atoms with E-state index < -0.39 is 0 Å². The van der Waals surface area contributed by atoms with E-state index in [1.807, 2.05) is 13.8 Å². The fraction of sp³-hybridized carbons (Fsp3) is 0.643. The lowest BCUT2D eigenvalue weighted by molar-refractivity contribution is -0.133. The van der Waals surface area contributed by atoms with Gasteiger partial charge >= 0.3 is 0 Å². The summed E-state index contributed by atoms with van der Waals surface area (Å²) >= 11 is 0. The average Bonchev–Trinajstić information content (AvgIpc) is 3.17. The van der Waals surface area contributed by atoms with Crippen molar-refractivity contribution < 1.29 is 14.1 Å². The van der Waals surface area contributed by atoms with Crippen molar-refractivity contribution >= 4 is 11.8 Å². The minimum atomic E-state index is -0.252. The summed E-state index contributed by atoms with van der Waals surface area (Å²) in [6.07, 6.45) is 2.87. The Morgan fingerprint density at radius 1 is 1.45 bits per heavy atom. The maximum atomic E-state index is 12.1. The van der Waals surface area contributed by atoms with Gasteiger partial charge in [0, 0.05) is 25.1 Å². The predicted octanol–water partition coefficient (Wildman–Crippen LogP) is 1.57. The van der Waals surface area contributed by atoms with E-state index in [9.17, 15) is 9.59 Å². The lowest BCUT2D eigenvalue weighted by Crippen LogP contribution is -2.32. The molecule has 0 aliphatic heterocycles. The minimum Gasteiger partial charge on any atom is -0.359 e. The molecule has 2 rings (SSSR count). The van der Waals surface area contributed by atoms with Crippen LogP contribution in [0.3, 0.4) is 0 Å². The third-order valence-corrected chi connectivity index (χ3v) is 3.21. The van der Waals surface area contributed by atoms with Crippen molar-refractivity contribution in [3.8, 4) is 0 Å². The van der Waals surface area contributed by atoms with Crippen molar-refractivity contribution in [3.05, 3.63) is 17.5 Å². The van der Waals surface area contributed by atoms with Gasteiger partial charge in [-0.3, -0.25) is 9.59 Å². The molecule has 1 saturated carbocycles. The van der Waals surface area contributed by atoms with E-state index in [1.54, 1.807) is 11.0 Å². The topological polar surface area (TPSA) is 75.4 Å². The highest BCUT2D eigenvalue weighted by atomic mass is 16.5. The molecule has 110 valence electrons. The van der Waals surface area contributed by atoms with E-state index in [2.05, 4.69) is 10.5 Å². The van der Waals surface area contributed by atoms with Gasteiger partial charge in [-0.1, -0.05) is 12.1 Å². The highest BCUT2D eigenvalue weighted by Gasteiger charge is 2.33. The molecular weight excluding hydrogens is 258 g/mol. The van der Waals surface area contributed by atoms with Crippen molar-refractivity contribution in [1.29, 1.82) is 0 Å². The molecule has 0 unspecified atom stereocenters. The zero-order chi connectivity index (χ0) is 14.5. The number of nitrogens with one attached hydrogen (secondary N) is 1. The van der Waals surface area contributed by atoms with Crippen LogP contribution < -0.4 is 5.32 Å². The van der Waals surface area contributed by atoms with Crippen molar-refractivity contribution in [2.75, 3.05) is 13.1 Å². The molecule has 0 bridgehead atoms. The zero-order valence-electron chi connectivity index (χ0n) is 12.0. The molecule has 1 fully saturated rings. The van der Waals surface area contributed by atoms with Crippen molar-refractivity contribution in [3.63, 3.8) is 0 Å². The molecule has 0 radical (unpaired) electrons. The molecule has 2 amide bonds. The number of amides is 2. The molecule has 1 aromatic rings. The molecule has 1 aliphatic carbocycles. The summed E-state index contributed by atoms with van der Waals surface area (Å²) in [6, 6.07) is 1.60. The Balaban J connectivity index is 1.99. The molecule has 20 heavy (non-hydrogen) atoms. The van der Waals surface area contributed by atoms with Crippen LogP contribution in [0.2, 0.25) is 0 Å². The van der Waals surface area contributed by atoms with E-state index in [4.69, 9.17) is 4.52 Å². The van der Waals surface area contributed by atoms with Crippen LogP contribution >= 0.6 is 0 Å². The van der Waals surface area contributed by atoms with Gasteiger partial charge in [-0.15, -0.1) is 0 Å². The molecule has 0 spiro atoms. The highest BCUT2D eigenvalue weighted by molar-refractivity contribution is 5.92. The number of aromatic nitrogens is 1. The van der Waals surface area contributed by atoms with Gasteiger partial charge in [-0.05, 0) is 26.2 Å². The first-order chi connectivity index (χ1) is 9.65. The lowest BCUT2D eigenvalue weighted by atomic mass is 10.2. The number of hydrogen-bond acceptors (Lipinski definition) is 4. The zero-order valence-corrected chi connectivity index (χ0v) is 12.0. The summed E-state index contributed by atoms with van der Waals surface area (Å²) in [5.41, 5.74) is 0.261. The highest BCUT2D eigenvalue weighted by Crippen LogP contribution is 2.31. The number of carbonyl (C=O) groups is 2. The first-order valence-electron chi connectivity index (χ1n) is 7.18. The van der Waals surface area contributed by atoms with E-state index in [1.165, 1.54) is 0 Å².